The standard InChI is InChI=1S/C22H28N4O2/c1-13-7-6-8-14(2)19(13)11-23-20-9-18(22(28)24-10-15(3)27)12-26-17(5)16(4)25-21(20)26/h6-9,12,15,23,27H,10-11H2,1-5H3,(H,24,28). The van der Waals surface area contributed by atoms with Crippen molar-refractivity contribution in [1.29, 1.82) is 0 Å². The van der Waals surface area contributed by atoms with Gasteiger partial charge in [-0.25, -0.2) is 4.98 Å². The fourth-order valence-electron chi connectivity index (χ4n) is 3.28. The van der Waals surface area contributed by atoms with E-state index in [9.17, 15) is 9.90 Å². The van der Waals surface area contributed by atoms with Gasteiger partial charge in [-0.2, -0.15) is 0 Å². The summed E-state index contributed by atoms with van der Waals surface area (Å²) in [6.07, 6.45) is 1.21. The number of aryl methyl sites for hydroxylation is 4. The number of aromatic nitrogens is 2. The number of aliphatic hydroxyl groups excluding tert-OH is 1. The number of benzene rings is 1. The van der Waals surface area contributed by atoms with Crippen molar-refractivity contribution < 1.29 is 9.90 Å². The highest BCUT2D eigenvalue weighted by Crippen LogP contribution is 2.24. The number of amides is 1. The third-order valence-corrected chi connectivity index (χ3v) is 5.12. The van der Waals surface area contributed by atoms with Gasteiger partial charge >= 0.3 is 0 Å². The van der Waals surface area contributed by atoms with Crippen molar-refractivity contribution in [3.05, 3.63) is 64.1 Å². The third-order valence-electron chi connectivity index (χ3n) is 5.12. The van der Waals surface area contributed by atoms with Crippen molar-refractivity contribution in [3.63, 3.8) is 0 Å². The van der Waals surface area contributed by atoms with Crippen molar-refractivity contribution in [2.75, 3.05) is 11.9 Å². The van der Waals surface area contributed by atoms with E-state index in [-0.39, 0.29) is 12.5 Å². The van der Waals surface area contributed by atoms with E-state index in [1.54, 1.807) is 13.1 Å². The Hall–Kier alpha value is -2.86. The Morgan fingerprint density at radius 3 is 2.54 bits per heavy atom. The second-order valence-corrected chi connectivity index (χ2v) is 7.40. The molecule has 3 aromatic rings. The molecule has 0 saturated carbocycles. The number of carbonyl (C=O) groups is 1. The predicted molar refractivity (Wildman–Crippen MR) is 112 cm³/mol. The zero-order valence-corrected chi connectivity index (χ0v) is 17.1. The predicted octanol–water partition coefficient (Wildman–Crippen LogP) is 3.29. The SMILES string of the molecule is Cc1cccc(C)c1CNc1cc(C(=O)NCC(C)O)cn2c(C)c(C)nc12. The Morgan fingerprint density at radius 2 is 1.89 bits per heavy atom. The van der Waals surface area contributed by atoms with Crippen molar-refractivity contribution in [2.24, 2.45) is 0 Å². The highest BCUT2D eigenvalue weighted by atomic mass is 16.3. The summed E-state index contributed by atoms with van der Waals surface area (Å²) in [5.74, 6) is -0.219. The second kappa shape index (κ2) is 8.02. The molecule has 1 aromatic carbocycles. The third kappa shape index (κ3) is 4.02. The minimum absolute atomic E-state index is 0.212. The number of nitrogens with one attached hydrogen (secondary N) is 2. The molecule has 0 spiro atoms. The number of nitrogens with zero attached hydrogens (tertiary/aromatic N) is 2. The summed E-state index contributed by atoms with van der Waals surface area (Å²) in [4.78, 5) is 17.2. The summed E-state index contributed by atoms with van der Waals surface area (Å²) in [6, 6.07) is 8.08. The van der Waals surface area contributed by atoms with E-state index in [1.807, 2.05) is 24.3 Å². The van der Waals surface area contributed by atoms with Crippen LogP contribution in [-0.2, 0) is 6.54 Å². The highest BCUT2D eigenvalue weighted by Gasteiger charge is 2.15. The normalized spacial score (nSPS) is 12.2. The second-order valence-electron chi connectivity index (χ2n) is 7.40. The number of pyridine rings is 1. The molecule has 1 amide bonds. The van der Waals surface area contributed by atoms with E-state index in [4.69, 9.17) is 0 Å². The first-order valence-electron chi connectivity index (χ1n) is 9.52. The monoisotopic (exact) mass is 380 g/mol. The number of anilines is 1. The van der Waals surface area contributed by atoms with Crippen LogP contribution in [-0.4, -0.2) is 33.0 Å². The van der Waals surface area contributed by atoms with Crippen LogP contribution in [0, 0.1) is 27.7 Å². The van der Waals surface area contributed by atoms with Gasteiger partial charge in [0.2, 0.25) is 0 Å². The maximum Gasteiger partial charge on any atom is 0.252 e. The highest BCUT2D eigenvalue weighted by molar-refractivity contribution is 5.96. The molecule has 0 aliphatic carbocycles. The molecular formula is C22H28N4O2. The molecule has 0 saturated heterocycles. The first-order valence-corrected chi connectivity index (χ1v) is 9.52. The summed E-state index contributed by atoms with van der Waals surface area (Å²) in [7, 11) is 0. The van der Waals surface area contributed by atoms with E-state index in [2.05, 4.69) is 47.7 Å². The van der Waals surface area contributed by atoms with E-state index < -0.39 is 6.10 Å². The van der Waals surface area contributed by atoms with E-state index >= 15 is 0 Å². The Morgan fingerprint density at radius 1 is 1.21 bits per heavy atom. The van der Waals surface area contributed by atoms with Crippen molar-refractivity contribution >= 4 is 17.2 Å². The molecule has 2 heterocycles. The Labute approximate surface area is 165 Å². The molecule has 6 nitrogen and oxygen atoms in total. The van der Waals surface area contributed by atoms with E-state index in [1.165, 1.54) is 16.7 Å². The lowest BCUT2D eigenvalue weighted by Crippen LogP contribution is -2.30. The Balaban J connectivity index is 1.98. The van der Waals surface area contributed by atoms with Crippen LogP contribution in [0.1, 0.15) is 45.4 Å². The maximum absolute atomic E-state index is 12.6. The average Bonchev–Trinajstić information content (AvgIpc) is 2.93. The zero-order valence-electron chi connectivity index (χ0n) is 17.1. The summed E-state index contributed by atoms with van der Waals surface area (Å²) in [5, 5.41) is 15.7. The quantitative estimate of drug-likeness (QED) is 0.613. The zero-order chi connectivity index (χ0) is 20.4. The van der Waals surface area contributed by atoms with Crippen LogP contribution in [0.3, 0.4) is 0 Å². The summed E-state index contributed by atoms with van der Waals surface area (Å²) >= 11 is 0. The molecule has 0 bridgehead atoms. The lowest BCUT2D eigenvalue weighted by molar-refractivity contribution is 0.0923. The van der Waals surface area contributed by atoms with E-state index in [0.29, 0.717) is 12.1 Å². The van der Waals surface area contributed by atoms with Gasteiger partial charge in [-0.3, -0.25) is 4.79 Å². The number of rotatable bonds is 6. The van der Waals surface area contributed by atoms with Crippen LogP contribution in [0.5, 0.6) is 0 Å². The topological polar surface area (TPSA) is 78.7 Å². The molecule has 6 heteroatoms. The Kier molecular flexibility index (Phi) is 5.70. The lowest BCUT2D eigenvalue weighted by Gasteiger charge is -2.14. The number of fused-ring (bicyclic) bond motifs is 1. The molecule has 3 N–H and O–H groups in total. The molecule has 2 aromatic heterocycles. The van der Waals surface area contributed by atoms with Gasteiger partial charge in [-0.05, 0) is 57.4 Å². The van der Waals surface area contributed by atoms with Crippen LogP contribution in [0.4, 0.5) is 5.69 Å². The van der Waals surface area contributed by atoms with Gasteiger partial charge in [0.1, 0.15) is 0 Å². The number of hydrogen-bond acceptors (Lipinski definition) is 4. The fraction of sp³-hybridized carbons (Fsp3) is 0.364. The molecule has 0 aliphatic rings. The Bertz CT molecular complexity index is 1000. The molecule has 0 fully saturated rings. The largest absolute Gasteiger partial charge is 0.392 e. The molecule has 28 heavy (non-hydrogen) atoms. The van der Waals surface area contributed by atoms with Crippen LogP contribution >= 0.6 is 0 Å². The molecule has 3 rings (SSSR count). The molecule has 1 unspecified atom stereocenters. The fourth-order valence-corrected chi connectivity index (χ4v) is 3.28. The van der Waals surface area contributed by atoms with E-state index in [0.717, 1.165) is 22.7 Å². The van der Waals surface area contributed by atoms with Crippen LogP contribution in [0.2, 0.25) is 0 Å². The minimum atomic E-state index is -0.591. The molecule has 0 radical (unpaired) electrons. The number of carbonyl (C=O) groups excluding carboxylic acids is 1. The van der Waals surface area contributed by atoms with Gasteiger partial charge in [-0.1, -0.05) is 18.2 Å². The molecule has 148 valence electrons. The first kappa shape index (κ1) is 19.9. The smallest absolute Gasteiger partial charge is 0.252 e. The van der Waals surface area contributed by atoms with Gasteiger partial charge in [0.15, 0.2) is 5.65 Å². The van der Waals surface area contributed by atoms with Gasteiger partial charge in [0.05, 0.1) is 23.0 Å². The van der Waals surface area contributed by atoms with Crippen molar-refractivity contribution in [1.82, 2.24) is 14.7 Å². The molecular weight excluding hydrogens is 352 g/mol. The van der Waals surface area contributed by atoms with Crippen molar-refractivity contribution in [2.45, 2.75) is 47.3 Å². The first-order chi connectivity index (χ1) is 13.3. The summed E-state index contributed by atoms with van der Waals surface area (Å²) in [5.41, 5.74) is 7.75. The average molecular weight is 380 g/mol. The maximum atomic E-state index is 12.6. The van der Waals surface area contributed by atoms with Crippen molar-refractivity contribution in [3.8, 4) is 0 Å². The summed E-state index contributed by atoms with van der Waals surface area (Å²) < 4.78 is 1.94. The van der Waals surface area contributed by atoms with Gasteiger partial charge in [0, 0.05) is 25.0 Å². The lowest BCUT2D eigenvalue weighted by atomic mass is 10.0. The van der Waals surface area contributed by atoms with Gasteiger partial charge in [0.25, 0.3) is 5.91 Å². The van der Waals surface area contributed by atoms with Gasteiger partial charge in [-0.15, -0.1) is 0 Å². The van der Waals surface area contributed by atoms with Crippen LogP contribution < -0.4 is 10.6 Å². The molecule has 1 atom stereocenters. The van der Waals surface area contributed by atoms with Gasteiger partial charge < -0.3 is 20.1 Å². The summed E-state index contributed by atoms with van der Waals surface area (Å²) in [6.45, 7) is 10.7. The molecule has 0 aliphatic heterocycles. The van der Waals surface area contributed by atoms with Crippen LogP contribution in [0.15, 0.2) is 30.5 Å². The number of imidazole rings is 1. The van der Waals surface area contributed by atoms with Crippen LogP contribution in [0.25, 0.3) is 5.65 Å². The minimum Gasteiger partial charge on any atom is -0.392 e. The number of hydrogen-bond donors (Lipinski definition) is 3. The number of aliphatic hydroxyl groups is 1.